The van der Waals surface area contributed by atoms with Gasteiger partial charge in [-0.3, -0.25) is 4.79 Å². The summed E-state index contributed by atoms with van der Waals surface area (Å²) in [4.78, 5) is 14.2. The molecule has 92 valence electrons. The highest BCUT2D eigenvalue weighted by molar-refractivity contribution is 5.95. The fourth-order valence-electron chi connectivity index (χ4n) is 2.02. The zero-order chi connectivity index (χ0) is 12.5. The second kappa shape index (κ2) is 4.37. The maximum absolute atomic E-state index is 12.4. The number of nitrogens with two attached hydrogens (primary N) is 1. The smallest absolute Gasteiger partial charge is 0.254 e. The van der Waals surface area contributed by atoms with Gasteiger partial charge in [0.25, 0.3) is 5.91 Å². The molecule has 1 aromatic rings. The van der Waals surface area contributed by atoms with Crippen molar-refractivity contribution in [1.82, 2.24) is 4.90 Å². The highest BCUT2D eigenvalue weighted by Crippen LogP contribution is 2.21. The molecule has 1 fully saturated rings. The lowest BCUT2D eigenvalue weighted by Gasteiger charge is -2.42. The van der Waals surface area contributed by atoms with Crippen molar-refractivity contribution in [1.29, 1.82) is 0 Å². The molecule has 0 aliphatic carbocycles. The van der Waals surface area contributed by atoms with Gasteiger partial charge in [0.2, 0.25) is 0 Å². The van der Waals surface area contributed by atoms with Crippen LogP contribution in [0, 0.1) is 0 Å². The zero-order valence-corrected chi connectivity index (χ0v) is 10.3. The third kappa shape index (κ3) is 2.42. The quantitative estimate of drug-likeness (QED) is 0.749. The Morgan fingerprint density at radius 3 is 2.59 bits per heavy atom. The summed E-state index contributed by atoms with van der Waals surface area (Å²) in [6.07, 6.45) is 0. The number of anilines is 1. The molecule has 0 radical (unpaired) electrons. The largest absolute Gasteiger partial charge is 0.399 e. The Balaban J connectivity index is 2.21. The minimum atomic E-state index is -0.253. The van der Waals surface area contributed by atoms with Crippen molar-refractivity contribution in [3.8, 4) is 0 Å². The monoisotopic (exact) mass is 234 g/mol. The summed E-state index contributed by atoms with van der Waals surface area (Å²) >= 11 is 0. The molecule has 1 saturated heterocycles. The van der Waals surface area contributed by atoms with Crippen molar-refractivity contribution < 1.29 is 9.53 Å². The van der Waals surface area contributed by atoms with Crippen molar-refractivity contribution in [2.75, 3.05) is 25.5 Å². The third-order valence-corrected chi connectivity index (χ3v) is 3.05. The molecule has 17 heavy (non-hydrogen) atoms. The molecule has 0 unspecified atom stereocenters. The molecule has 1 aliphatic rings. The van der Waals surface area contributed by atoms with E-state index < -0.39 is 0 Å². The van der Waals surface area contributed by atoms with E-state index in [9.17, 15) is 4.79 Å². The molecular weight excluding hydrogens is 216 g/mol. The normalized spacial score (nSPS) is 19.1. The molecule has 0 bridgehead atoms. The third-order valence-electron chi connectivity index (χ3n) is 3.05. The Hall–Kier alpha value is -1.55. The Morgan fingerprint density at radius 1 is 1.35 bits per heavy atom. The summed E-state index contributed by atoms with van der Waals surface area (Å²) in [6.45, 7) is 5.84. The Labute approximate surface area is 101 Å². The first-order chi connectivity index (χ1) is 8.00. The van der Waals surface area contributed by atoms with Crippen LogP contribution in [0.4, 0.5) is 5.69 Å². The number of morpholine rings is 1. The van der Waals surface area contributed by atoms with Crippen LogP contribution in [0.1, 0.15) is 24.2 Å². The lowest BCUT2D eigenvalue weighted by atomic mass is 10.0. The first-order valence-electron chi connectivity index (χ1n) is 5.76. The number of benzene rings is 1. The van der Waals surface area contributed by atoms with Crippen LogP contribution in [0.15, 0.2) is 24.3 Å². The minimum Gasteiger partial charge on any atom is -0.399 e. The van der Waals surface area contributed by atoms with Crippen LogP contribution in [-0.4, -0.2) is 36.1 Å². The summed E-state index contributed by atoms with van der Waals surface area (Å²) in [7, 11) is 0. The van der Waals surface area contributed by atoms with Crippen molar-refractivity contribution in [3.05, 3.63) is 29.8 Å². The molecule has 1 aliphatic heterocycles. The molecule has 4 nitrogen and oxygen atoms in total. The van der Waals surface area contributed by atoms with Gasteiger partial charge in [-0.25, -0.2) is 0 Å². The van der Waals surface area contributed by atoms with Gasteiger partial charge in [-0.1, -0.05) is 0 Å². The molecule has 2 N–H and O–H groups in total. The first kappa shape index (κ1) is 11.9. The number of nitrogens with zero attached hydrogens (tertiary/aromatic N) is 1. The maximum atomic E-state index is 12.4. The van der Waals surface area contributed by atoms with E-state index in [1.165, 1.54) is 0 Å². The molecule has 0 aromatic heterocycles. The number of hydrogen-bond donors (Lipinski definition) is 1. The van der Waals surface area contributed by atoms with Gasteiger partial charge in [0.05, 0.1) is 18.8 Å². The number of ether oxygens (including phenoxy) is 1. The summed E-state index contributed by atoms with van der Waals surface area (Å²) < 4.78 is 5.41. The molecule has 1 aromatic carbocycles. The second-order valence-electron chi connectivity index (χ2n) is 4.94. The number of carbonyl (C=O) groups excluding carboxylic acids is 1. The minimum absolute atomic E-state index is 0.0401. The van der Waals surface area contributed by atoms with E-state index in [4.69, 9.17) is 10.5 Å². The van der Waals surface area contributed by atoms with E-state index in [2.05, 4.69) is 0 Å². The molecule has 2 rings (SSSR count). The maximum Gasteiger partial charge on any atom is 0.254 e. The lowest BCUT2D eigenvalue weighted by Crippen LogP contribution is -2.55. The van der Waals surface area contributed by atoms with Gasteiger partial charge in [-0.05, 0) is 38.1 Å². The van der Waals surface area contributed by atoms with Crippen molar-refractivity contribution in [2.24, 2.45) is 0 Å². The van der Waals surface area contributed by atoms with Gasteiger partial charge >= 0.3 is 0 Å². The molecule has 4 heteroatoms. The van der Waals surface area contributed by atoms with Crippen molar-refractivity contribution in [3.63, 3.8) is 0 Å². The number of rotatable bonds is 1. The Bertz CT molecular complexity index is 412. The molecule has 1 heterocycles. The van der Waals surface area contributed by atoms with E-state index in [1.54, 1.807) is 24.3 Å². The number of nitrogen functional groups attached to an aromatic ring is 1. The average Bonchev–Trinajstić information content (AvgIpc) is 2.28. The molecular formula is C13H18N2O2. The average molecular weight is 234 g/mol. The van der Waals surface area contributed by atoms with Crippen molar-refractivity contribution in [2.45, 2.75) is 19.4 Å². The molecule has 1 amide bonds. The van der Waals surface area contributed by atoms with E-state index >= 15 is 0 Å². The fourth-order valence-corrected chi connectivity index (χ4v) is 2.02. The van der Waals surface area contributed by atoms with E-state index in [0.29, 0.717) is 31.0 Å². The second-order valence-corrected chi connectivity index (χ2v) is 4.94. The van der Waals surface area contributed by atoms with Crippen LogP contribution in [0.5, 0.6) is 0 Å². The predicted octanol–water partition coefficient (Wildman–Crippen LogP) is 1.52. The molecule has 0 atom stereocenters. The highest BCUT2D eigenvalue weighted by atomic mass is 16.5. The predicted molar refractivity (Wildman–Crippen MR) is 66.8 cm³/mol. The van der Waals surface area contributed by atoms with Gasteiger partial charge in [-0.15, -0.1) is 0 Å². The number of hydrogen-bond acceptors (Lipinski definition) is 3. The summed E-state index contributed by atoms with van der Waals surface area (Å²) in [5, 5.41) is 0. The van der Waals surface area contributed by atoms with Gasteiger partial charge in [0.15, 0.2) is 0 Å². The summed E-state index contributed by atoms with van der Waals surface area (Å²) in [6, 6.07) is 7.04. The van der Waals surface area contributed by atoms with Crippen LogP contribution in [0.25, 0.3) is 0 Å². The summed E-state index contributed by atoms with van der Waals surface area (Å²) in [5.74, 6) is 0.0401. The Morgan fingerprint density at radius 2 is 2.00 bits per heavy atom. The van der Waals surface area contributed by atoms with E-state index in [0.717, 1.165) is 0 Å². The van der Waals surface area contributed by atoms with Crippen LogP contribution < -0.4 is 5.73 Å². The summed E-state index contributed by atoms with van der Waals surface area (Å²) in [5.41, 5.74) is 6.70. The lowest BCUT2D eigenvalue weighted by molar-refractivity contribution is -0.0370. The van der Waals surface area contributed by atoms with Gasteiger partial charge in [0.1, 0.15) is 0 Å². The topological polar surface area (TPSA) is 55.6 Å². The number of amides is 1. The van der Waals surface area contributed by atoms with Crippen LogP contribution in [0.3, 0.4) is 0 Å². The first-order valence-corrected chi connectivity index (χ1v) is 5.76. The van der Waals surface area contributed by atoms with Gasteiger partial charge < -0.3 is 15.4 Å². The Kier molecular flexibility index (Phi) is 3.07. The van der Waals surface area contributed by atoms with Crippen LogP contribution >= 0.6 is 0 Å². The highest BCUT2D eigenvalue weighted by Gasteiger charge is 2.34. The zero-order valence-electron chi connectivity index (χ0n) is 10.3. The van der Waals surface area contributed by atoms with Gasteiger partial charge in [0, 0.05) is 17.8 Å². The van der Waals surface area contributed by atoms with E-state index in [1.807, 2.05) is 18.7 Å². The van der Waals surface area contributed by atoms with Gasteiger partial charge in [-0.2, -0.15) is 0 Å². The van der Waals surface area contributed by atoms with Crippen LogP contribution in [0.2, 0.25) is 0 Å². The SMILES string of the molecule is CC1(C)COCCN1C(=O)c1ccc(N)cc1. The fraction of sp³-hybridized carbons (Fsp3) is 0.462. The molecule has 0 spiro atoms. The standard InChI is InChI=1S/C13H18N2O2/c1-13(2)9-17-8-7-15(13)12(16)10-3-5-11(14)6-4-10/h3-6H,7-9,14H2,1-2H3. The van der Waals surface area contributed by atoms with Crippen LogP contribution in [-0.2, 0) is 4.74 Å². The van der Waals surface area contributed by atoms with Crippen molar-refractivity contribution >= 4 is 11.6 Å². The molecule has 0 saturated carbocycles. The number of carbonyl (C=O) groups is 1. The van der Waals surface area contributed by atoms with E-state index in [-0.39, 0.29) is 11.4 Å².